The fourth-order valence-corrected chi connectivity index (χ4v) is 3.19. The number of carbonyl (C=O) groups is 1. The molecule has 0 aliphatic heterocycles. The van der Waals surface area contributed by atoms with Crippen LogP contribution in [0.15, 0.2) is 77.6 Å². The van der Waals surface area contributed by atoms with E-state index in [-0.39, 0.29) is 11.3 Å². The first-order valence-electron chi connectivity index (χ1n) is 9.71. The predicted molar refractivity (Wildman–Crippen MR) is 117 cm³/mol. The van der Waals surface area contributed by atoms with Gasteiger partial charge in [-0.15, -0.1) is 0 Å². The fraction of sp³-hybridized carbons (Fsp3) is 0.125. The molecule has 0 atom stereocenters. The molecule has 150 valence electrons. The summed E-state index contributed by atoms with van der Waals surface area (Å²) in [6.45, 7) is 4.19. The van der Waals surface area contributed by atoms with Gasteiger partial charge in [0.15, 0.2) is 11.4 Å². The van der Waals surface area contributed by atoms with Gasteiger partial charge < -0.3 is 10.1 Å². The van der Waals surface area contributed by atoms with Crippen LogP contribution in [0.5, 0.6) is 11.5 Å². The molecular formula is C24H21N3O3. The molecule has 0 aliphatic rings. The molecule has 3 aromatic carbocycles. The van der Waals surface area contributed by atoms with Crippen molar-refractivity contribution in [2.75, 3.05) is 5.32 Å². The van der Waals surface area contributed by atoms with Crippen molar-refractivity contribution in [2.24, 2.45) is 0 Å². The van der Waals surface area contributed by atoms with Crippen LogP contribution in [0, 0.1) is 6.92 Å². The van der Waals surface area contributed by atoms with E-state index in [2.05, 4.69) is 10.4 Å². The van der Waals surface area contributed by atoms with Crippen LogP contribution in [0.25, 0.3) is 10.8 Å². The van der Waals surface area contributed by atoms with Crippen LogP contribution in [0.3, 0.4) is 0 Å². The van der Waals surface area contributed by atoms with Crippen molar-refractivity contribution in [2.45, 2.75) is 20.4 Å². The maximum Gasteiger partial charge on any atom is 0.276 e. The number of ether oxygens (including phenoxy) is 1. The number of nitrogens with one attached hydrogen (secondary N) is 1. The zero-order chi connectivity index (χ0) is 21.1. The Bertz CT molecular complexity index is 1280. The third kappa shape index (κ3) is 3.80. The van der Waals surface area contributed by atoms with E-state index >= 15 is 0 Å². The van der Waals surface area contributed by atoms with Gasteiger partial charge in [0, 0.05) is 11.9 Å². The Morgan fingerprint density at radius 1 is 0.967 bits per heavy atom. The highest BCUT2D eigenvalue weighted by Gasteiger charge is 2.18. The van der Waals surface area contributed by atoms with Gasteiger partial charge in [0.25, 0.3) is 11.5 Å². The van der Waals surface area contributed by atoms with E-state index < -0.39 is 5.91 Å². The van der Waals surface area contributed by atoms with E-state index in [9.17, 15) is 9.59 Å². The van der Waals surface area contributed by atoms with Gasteiger partial charge in [-0.25, -0.2) is 4.68 Å². The van der Waals surface area contributed by atoms with Crippen molar-refractivity contribution >= 4 is 22.4 Å². The highest BCUT2D eigenvalue weighted by molar-refractivity contribution is 6.11. The Labute approximate surface area is 173 Å². The van der Waals surface area contributed by atoms with Gasteiger partial charge >= 0.3 is 0 Å². The molecule has 0 radical (unpaired) electrons. The van der Waals surface area contributed by atoms with Crippen molar-refractivity contribution in [3.63, 3.8) is 0 Å². The lowest BCUT2D eigenvalue weighted by molar-refractivity contribution is 0.102. The van der Waals surface area contributed by atoms with Crippen LogP contribution in [-0.4, -0.2) is 15.7 Å². The quantitative estimate of drug-likeness (QED) is 0.525. The van der Waals surface area contributed by atoms with Crippen LogP contribution >= 0.6 is 0 Å². The Morgan fingerprint density at radius 2 is 1.63 bits per heavy atom. The summed E-state index contributed by atoms with van der Waals surface area (Å²) in [7, 11) is 0. The standard InChI is InChI=1S/C24H21N3O3/c1-3-27-24(29)19-9-5-4-8-18(19)22(26-27)23(28)25-20-10-6-7-11-21(20)30-17-14-12-16(2)13-15-17/h4-15H,3H2,1-2H3,(H,25,28). The number of nitrogens with zero attached hydrogens (tertiary/aromatic N) is 2. The minimum atomic E-state index is -0.409. The Morgan fingerprint density at radius 3 is 2.37 bits per heavy atom. The minimum absolute atomic E-state index is 0.192. The van der Waals surface area contributed by atoms with E-state index in [4.69, 9.17) is 4.74 Å². The summed E-state index contributed by atoms with van der Waals surface area (Å²) in [6, 6.07) is 21.9. The molecule has 4 aromatic rings. The SMILES string of the molecule is CCn1nc(C(=O)Nc2ccccc2Oc2ccc(C)cc2)c2ccccc2c1=O. The lowest BCUT2D eigenvalue weighted by Crippen LogP contribution is -2.27. The summed E-state index contributed by atoms with van der Waals surface area (Å²) in [5.41, 5.74) is 1.63. The average Bonchev–Trinajstić information content (AvgIpc) is 2.77. The molecule has 1 heterocycles. The Kier molecular flexibility index (Phi) is 5.30. The summed E-state index contributed by atoms with van der Waals surface area (Å²) in [5, 5.41) is 8.15. The second-order valence-electron chi connectivity index (χ2n) is 6.88. The molecule has 1 amide bonds. The fourth-order valence-electron chi connectivity index (χ4n) is 3.19. The smallest absolute Gasteiger partial charge is 0.276 e. The monoisotopic (exact) mass is 399 g/mol. The van der Waals surface area contributed by atoms with E-state index in [1.807, 2.05) is 50.2 Å². The third-order valence-electron chi connectivity index (χ3n) is 4.77. The van der Waals surface area contributed by atoms with Crippen LogP contribution in [-0.2, 0) is 6.54 Å². The highest BCUT2D eigenvalue weighted by Crippen LogP contribution is 2.30. The number of fused-ring (bicyclic) bond motifs is 1. The lowest BCUT2D eigenvalue weighted by atomic mass is 10.1. The molecule has 0 unspecified atom stereocenters. The zero-order valence-electron chi connectivity index (χ0n) is 16.8. The molecule has 4 rings (SSSR count). The molecule has 1 aromatic heterocycles. The molecule has 0 fully saturated rings. The number of para-hydroxylation sites is 2. The minimum Gasteiger partial charge on any atom is -0.455 e. The molecule has 0 saturated heterocycles. The number of carbonyl (C=O) groups excluding carboxylic acids is 1. The van der Waals surface area contributed by atoms with Crippen molar-refractivity contribution in [1.29, 1.82) is 0 Å². The van der Waals surface area contributed by atoms with Gasteiger partial charge in [0.2, 0.25) is 0 Å². The van der Waals surface area contributed by atoms with Crippen LogP contribution in [0.1, 0.15) is 23.0 Å². The topological polar surface area (TPSA) is 73.2 Å². The second-order valence-corrected chi connectivity index (χ2v) is 6.88. The lowest BCUT2D eigenvalue weighted by Gasteiger charge is -2.13. The van der Waals surface area contributed by atoms with Crippen LogP contribution in [0.2, 0.25) is 0 Å². The van der Waals surface area contributed by atoms with Crippen molar-refractivity contribution in [1.82, 2.24) is 9.78 Å². The normalized spacial score (nSPS) is 10.7. The van der Waals surface area contributed by atoms with Gasteiger partial charge in [-0.1, -0.05) is 48.0 Å². The second kappa shape index (κ2) is 8.21. The molecule has 1 N–H and O–H groups in total. The van der Waals surface area contributed by atoms with Crippen molar-refractivity contribution in [3.05, 3.63) is 94.4 Å². The highest BCUT2D eigenvalue weighted by atomic mass is 16.5. The first kappa shape index (κ1) is 19.4. The van der Waals surface area contributed by atoms with Crippen LogP contribution in [0.4, 0.5) is 5.69 Å². The van der Waals surface area contributed by atoms with E-state index in [0.717, 1.165) is 5.56 Å². The number of hydrogen-bond acceptors (Lipinski definition) is 4. The first-order valence-corrected chi connectivity index (χ1v) is 9.71. The molecule has 0 spiro atoms. The summed E-state index contributed by atoms with van der Waals surface area (Å²) in [4.78, 5) is 25.6. The van der Waals surface area contributed by atoms with Gasteiger partial charge in [0.1, 0.15) is 5.75 Å². The number of aromatic nitrogens is 2. The largest absolute Gasteiger partial charge is 0.455 e. The number of amides is 1. The number of hydrogen-bond donors (Lipinski definition) is 1. The Balaban J connectivity index is 1.69. The molecule has 6 heteroatoms. The molecule has 0 saturated carbocycles. The van der Waals surface area contributed by atoms with Crippen LogP contribution < -0.4 is 15.6 Å². The molecule has 0 bridgehead atoms. The summed E-state index contributed by atoms with van der Waals surface area (Å²) < 4.78 is 7.26. The maximum absolute atomic E-state index is 13.1. The van der Waals surface area contributed by atoms with E-state index in [0.29, 0.717) is 34.5 Å². The van der Waals surface area contributed by atoms with Gasteiger partial charge in [-0.05, 0) is 44.2 Å². The predicted octanol–water partition coefficient (Wildman–Crippen LogP) is 4.77. The number of anilines is 1. The van der Waals surface area contributed by atoms with E-state index in [1.54, 1.807) is 36.4 Å². The number of rotatable bonds is 5. The zero-order valence-corrected chi connectivity index (χ0v) is 16.8. The Hall–Kier alpha value is -3.93. The number of aryl methyl sites for hydroxylation is 2. The van der Waals surface area contributed by atoms with E-state index in [1.165, 1.54) is 4.68 Å². The third-order valence-corrected chi connectivity index (χ3v) is 4.77. The molecule has 0 aliphatic carbocycles. The van der Waals surface area contributed by atoms with Gasteiger partial charge in [-0.2, -0.15) is 5.10 Å². The summed E-state index contributed by atoms with van der Waals surface area (Å²) in [5.74, 6) is 0.779. The molecule has 6 nitrogen and oxygen atoms in total. The molecular weight excluding hydrogens is 378 g/mol. The average molecular weight is 399 g/mol. The summed E-state index contributed by atoms with van der Waals surface area (Å²) >= 11 is 0. The summed E-state index contributed by atoms with van der Waals surface area (Å²) in [6.07, 6.45) is 0. The maximum atomic E-state index is 13.1. The van der Waals surface area contributed by atoms with Crippen molar-refractivity contribution < 1.29 is 9.53 Å². The first-order chi connectivity index (χ1) is 14.6. The van der Waals surface area contributed by atoms with Gasteiger partial charge in [-0.3, -0.25) is 9.59 Å². The number of benzene rings is 3. The van der Waals surface area contributed by atoms with Crippen molar-refractivity contribution in [3.8, 4) is 11.5 Å². The van der Waals surface area contributed by atoms with Gasteiger partial charge in [0.05, 0.1) is 11.1 Å². The molecule has 30 heavy (non-hydrogen) atoms.